The molecule has 1 unspecified atom stereocenters. The lowest BCUT2D eigenvalue weighted by Crippen LogP contribution is -2.47. The highest BCUT2D eigenvalue weighted by atomic mass is 16.5. The summed E-state index contributed by atoms with van der Waals surface area (Å²) in [6.45, 7) is 11.4. The molecule has 0 aliphatic carbocycles. The van der Waals surface area contributed by atoms with Crippen LogP contribution < -0.4 is 5.73 Å². The third-order valence-corrected chi connectivity index (χ3v) is 3.94. The lowest BCUT2D eigenvalue weighted by molar-refractivity contribution is -0.0422. The van der Waals surface area contributed by atoms with Crippen LogP contribution in [0.4, 0.5) is 5.69 Å². The highest BCUT2D eigenvalue weighted by molar-refractivity contribution is 5.40. The molecular formula is C16H27N3O. The maximum absolute atomic E-state index is 5.90. The number of hydrogen-bond donors (Lipinski definition) is 1. The number of nitrogens with two attached hydrogens (primary N) is 1. The molecule has 1 aliphatic rings. The summed E-state index contributed by atoms with van der Waals surface area (Å²) in [7, 11) is 0. The summed E-state index contributed by atoms with van der Waals surface area (Å²) in [6.07, 6.45) is 0.324. The van der Waals surface area contributed by atoms with Crippen LogP contribution in [0.25, 0.3) is 0 Å². The van der Waals surface area contributed by atoms with Gasteiger partial charge in [0, 0.05) is 31.9 Å². The maximum Gasteiger partial charge on any atom is 0.0829 e. The van der Waals surface area contributed by atoms with Crippen molar-refractivity contribution in [3.63, 3.8) is 0 Å². The third kappa shape index (κ3) is 4.47. The fourth-order valence-electron chi connectivity index (χ4n) is 2.72. The number of rotatable bonds is 6. The van der Waals surface area contributed by atoms with Crippen LogP contribution in [-0.4, -0.2) is 55.2 Å². The van der Waals surface area contributed by atoms with Crippen LogP contribution in [0.2, 0.25) is 0 Å². The number of ether oxygens (including phenoxy) is 1. The third-order valence-electron chi connectivity index (χ3n) is 3.94. The number of morpholine rings is 1. The molecule has 0 bridgehead atoms. The first kappa shape index (κ1) is 15.3. The zero-order valence-electron chi connectivity index (χ0n) is 12.7. The van der Waals surface area contributed by atoms with Crippen LogP contribution in [0.15, 0.2) is 24.3 Å². The number of anilines is 1. The van der Waals surface area contributed by atoms with Crippen LogP contribution in [0, 0.1) is 0 Å². The lowest BCUT2D eigenvalue weighted by Gasteiger charge is -2.35. The second-order valence-electron chi connectivity index (χ2n) is 5.46. The van der Waals surface area contributed by atoms with Gasteiger partial charge < -0.3 is 10.5 Å². The molecule has 0 radical (unpaired) electrons. The average Bonchev–Trinajstić information content (AvgIpc) is 2.47. The van der Waals surface area contributed by atoms with E-state index < -0.39 is 0 Å². The van der Waals surface area contributed by atoms with E-state index in [4.69, 9.17) is 10.5 Å². The van der Waals surface area contributed by atoms with Gasteiger partial charge in [-0.2, -0.15) is 0 Å². The standard InChI is InChI=1S/C16H27N3O/c1-3-18-8-9-20-16(12-18)13-19(4-2)11-14-6-5-7-15(17)10-14/h5-7,10,16H,3-4,8-9,11-13,17H2,1-2H3. The van der Waals surface area contributed by atoms with E-state index in [0.717, 1.165) is 51.6 Å². The minimum atomic E-state index is 0.324. The number of nitrogen functional groups attached to an aromatic ring is 1. The predicted molar refractivity (Wildman–Crippen MR) is 83.7 cm³/mol. The van der Waals surface area contributed by atoms with Gasteiger partial charge in [-0.1, -0.05) is 26.0 Å². The smallest absolute Gasteiger partial charge is 0.0829 e. The Hall–Kier alpha value is -1.10. The summed E-state index contributed by atoms with van der Waals surface area (Å²) in [4.78, 5) is 4.89. The fourth-order valence-corrected chi connectivity index (χ4v) is 2.72. The molecule has 0 spiro atoms. The SMILES string of the molecule is CCN1CCOC(CN(CC)Cc2cccc(N)c2)C1. The van der Waals surface area contributed by atoms with Crippen LogP contribution in [0.1, 0.15) is 19.4 Å². The van der Waals surface area contributed by atoms with Crippen molar-refractivity contribution in [3.05, 3.63) is 29.8 Å². The molecule has 0 saturated carbocycles. The Bertz CT molecular complexity index is 410. The second kappa shape index (κ2) is 7.62. The summed E-state index contributed by atoms with van der Waals surface area (Å²) in [5.74, 6) is 0. The van der Waals surface area contributed by atoms with Crippen LogP contribution in [0.3, 0.4) is 0 Å². The first-order valence-electron chi connectivity index (χ1n) is 7.62. The Morgan fingerprint density at radius 3 is 2.95 bits per heavy atom. The maximum atomic E-state index is 5.90. The predicted octanol–water partition coefficient (Wildman–Crippen LogP) is 1.81. The summed E-state index contributed by atoms with van der Waals surface area (Å²) >= 11 is 0. The van der Waals surface area contributed by atoms with Crippen molar-refractivity contribution in [2.45, 2.75) is 26.5 Å². The minimum Gasteiger partial charge on any atom is -0.399 e. The van der Waals surface area contributed by atoms with Gasteiger partial charge in [0.05, 0.1) is 12.7 Å². The van der Waals surface area contributed by atoms with Gasteiger partial charge in [0.25, 0.3) is 0 Å². The van der Waals surface area contributed by atoms with Crippen molar-refractivity contribution in [2.75, 3.05) is 45.1 Å². The van der Waals surface area contributed by atoms with Crippen molar-refractivity contribution in [1.82, 2.24) is 9.80 Å². The van der Waals surface area contributed by atoms with Crippen LogP contribution in [-0.2, 0) is 11.3 Å². The average molecular weight is 277 g/mol. The van der Waals surface area contributed by atoms with E-state index in [1.165, 1.54) is 5.56 Å². The van der Waals surface area contributed by atoms with Crippen molar-refractivity contribution >= 4 is 5.69 Å². The molecule has 2 rings (SSSR count). The topological polar surface area (TPSA) is 41.7 Å². The van der Waals surface area contributed by atoms with Crippen LogP contribution >= 0.6 is 0 Å². The molecule has 0 amide bonds. The number of nitrogens with zero attached hydrogens (tertiary/aromatic N) is 2. The van der Waals surface area contributed by atoms with Crippen LogP contribution in [0.5, 0.6) is 0 Å². The molecule has 1 aliphatic heterocycles. The molecule has 1 saturated heterocycles. The monoisotopic (exact) mass is 277 g/mol. The Morgan fingerprint density at radius 1 is 1.40 bits per heavy atom. The molecule has 1 aromatic rings. The van der Waals surface area contributed by atoms with Gasteiger partial charge in [0.2, 0.25) is 0 Å². The van der Waals surface area contributed by atoms with E-state index in [2.05, 4.69) is 35.8 Å². The van der Waals surface area contributed by atoms with Crippen molar-refractivity contribution in [2.24, 2.45) is 0 Å². The molecule has 112 valence electrons. The Morgan fingerprint density at radius 2 is 2.25 bits per heavy atom. The summed E-state index contributed by atoms with van der Waals surface area (Å²) in [5.41, 5.74) is 7.96. The van der Waals surface area contributed by atoms with Gasteiger partial charge in [-0.15, -0.1) is 0 Å². The molecule has 2 N–H and O–H groups in total. The zero-order valence-corrected chi connectivity index (χ0v) is 12.7. The lowest BCUT2D eigenvalue weighted by atomic mass is 10.1. The zero-order chi connectivity index (χ0) is 14.4. The van der Waals surface area contributed by atoms with Gasteiger partial charge in [0.15, 0.2) is 0 Å². The molecular weight excluding hydrogens is 250 g/mol. The van der Waals surface area contributed by atoms with Gasteiger partial charge in [-0.3, -0.25) is 9.80 Å². The van der Waals surface area contributed by atoms with Crippen molar-refractivity contribution in [3.8, 4) is 0 Å². The largest absolute Gasteiger partial charge is 0.399 e. The molecule has 4 heteroatoms. The van der Waals surface area contributed by atoms with Gasteiger partial charge in [-0.25, -0.2) is 0 Å². The van der Waals surface area contributed by atoms with E-state index in [9.17, 15) is 0 Å². The Balaban J connectivity index is 1.88. The van der Waals surface area contributed by atoms with Gasteiger partial charge in [-0.05, 0) is 30.8 Å². The molecule has 1 heterocycles. The Labute approximate surface area is 122 Å². The molecule has 1 aromatic carbocycles. The quantitative estimate of drug-likeness (QED) is 0.805. The normalized spacial score (nSPS) is 20.4. The Kier molecular flexibility index (Phi) is 5.83. The molecule has 4 nitrogen and oxygen atoms in total. The molecule has 1 fully saturated rings. The fraction of sp³-hybridized carbons (Fsp3) is 0.625. The second-order valence-corrected chi connectivity index (χ2v) is 5.46. The number of benzene rings is 1. The van der Waals surface area contributed by atoms with Crippen molar-refractivity contribution in [1.29, 1.82) is 0 Å². The number of likely N-dealkylation sites (N-methyl/N-ethyl adjacent to an activating group) is 2. The molecule has 1 atom stereocenters. The van der Waals surface area contributed by atoms with E-state index >= 15 is 0 Å². The van der Waals surface area contributed by atoms with Gasteiger partial charge in [0.1, 0.15) is 0 Å². The van der Waals surface area contributed by atoms with E-state index in [1.54, 1.807) is 0 Å². The van der Waals surface area contributed by atoms with E-state index in [0.29, 0.717) is 6.10 Å². The summed E-state index contributed by atoms with van der Waals surface area (Å²) in [6, 6.07) is 8.15. The van der Waals surface area contributed by atoms with Crippen molar-refractivity contribution < 1.29 is 4.74 Å². The molecule has 0 aromatic heterocycles. The van der Waals surface area contributed by atoms with Gasteiger partial charge >= 0.3 is 0 Å². The first-order valence-corrected chi connectivity index (χ1v) is 7.62. The summed E-state index contributed by atoms with van der Waals surface area (Å²) < 4.78 is 5.90. The highest BCUT2D eigenvalue weighted by Gasteiger charge is 2.21. The first-order chi connectivity index (χ1) is 9.71. The minimum absolute atomic E-state index is 0.324. The summed E-state index contributed by atoms with van der Waals surface area (Å²) in [5, 5.41) is 0. The highest BCUT2D eigenvalue weighted by Crippen LogP contribution is 2.12. The number of hydrogen-bond acceptors (Lipinski definition) is 4. The molecule has 20 heavy (non-hydrogen) atoms. The van der Waals surface area contributed by atoms with E-state index in [-0.39, 0.29) is 0 Å². The van der Waals surface area contributed by atoms with E-state index in [1.807, 2.05) is 12.1 Å².